The minimum atomic E-state index is -0.522. The van der Waals surface area contributed by atoms with Crippen LogP contribution in [0.3, 0.4) is 0 Å². The predicted octanol–water partition coefficient (Wildman–Crippen LogP) is 3.70. The molecule has 2 aromatic rings. The Kier molecular flexibility index (Phi) is 6.49. The molecule has 150 valence electrons. The van der Waals surface area contributed by atoms with E-state index in [4.69, 9.17) is 18.9 Å². The predicted molar refractivity (Wildman–Crippen MR) is 104 cm³/mol. The molecule has 1 aromatic carbocycles. The van der Waals surface area contributed by atoms with Crippen LogP contribution in [0.25, 0.3) is 11.1 Å². The number of nitrogens with one attached hydrogen (secondary N) is 1. The lowest BCUT2D eigenvalue weighted by atomic mass is 10.0. The van der Waals surface area contributed by atoms with Gasteiger partial charge in [0, 0.05) is 17.3 Å². The van der Waals surface area contributed by atoms with E-state index in [1.165, 1.54) is 0 Å². The van der Waals surface area contributed by atoms with Crippen molar-refractivity contribution < 1.29 is 23.7 Å². The van der Waals surface area contributed by atoms with Crippen molar-refractivity contribution in [3.63, 3.8) is 0 Å². The largest absolute Gasteiger partial charge is 0.490 e. The maximum Gasteiger partial charge on any atom is 0.407 e. The highest BCUT2D eigenvalue weighted by Gasteiger charge is 2.18. The molecule has 2 heterocycles. The number of nitrogens with zero attached hydrogens (tertiary/aromatic N) is 1. The second-order valence-electron chi connectivity index (χ2n) is 7.39. The van der Waals surface area contributed by atoms with Crippen molar-refractivity contribution in [2.75, 3.05) is 26.4 Å². The van der Waals surface area contributed by atoms with Crippen molar-refractivity contribution >= 4 is 6.09 Å². The number of amides is 1. The maximum absolute atomic E-state index is 11.6. The Hall–Kier alpha value is -2.64. The second kappa shape index (κ2) is 9.03. The second-order valence-corrected chi connectivity index (χ2v) is 7.39. The number of ether oxygens (including phenoxy) is 4. The van der Waals surface area contributed by atoms with E-state index in [1.807, 2.05) is 51.1 Å². The fourth-order valence-electron chi connectivity index (χ4n) is 2.71. The summed E-state index contributed by atoms with van der Waals surface area (Å²) in [7, 11) is 0. The molecule has 0 saturated carbocycles. The van der Waals surface area contributed by atoms with Crippen molar-refractivity contribution in [1.82, 2.24) is 10.3 Å². The summed E-state index contributed by atoms with van der Waals surface area (Å²) in [5.41, 5.74) is 2.38. The molecule has 0 radical (unpaired) electrons. The minimum absolute atomic E-state index is 0.314. The number of alkyl carbamates (subject to hydrolysis) is 1. The summed E-state index contributed by atoms with van der Waals surface area (Å²) in [6.07, 6.45) is 2.65. The van der Waals surface area contributed by atoms with Gasteiger partial charge in [-0.15, -0.1) is 0 Å². The highest BCUT2D eigenvalue weighted by atomic mass is 16.7. The van der Waals surface area contributed by atoms with Gasteiger partial charge in [0.25, 0.3) is 0 Å². The van der Waals surface area contributed by atoms with Crippen LogP contribution in [-0.4, -0.2) is 43.0 Å². The molecule has 3 rings (SSSR count). The molecule has 0 bridgehead atoms. The van der Waals surface area contributed by atoms with Crippen LogP contribution in [0.2, 0.25) is 0 Å². The van der Waals surface area contributed by atoms with E-state index in [2.05, 4.69) is 10.3 Å². The molecule has 1 N–H and O–H groups in total. The third-order valence-corrected chi connectivity index (χ3v) is 3.87. The van der Waals surface area contributed by atoms with E-state index < -0.39 is 11.7 Å². The fraction of sp³-hybridized carbons (Fsp3) is 0.429. The molecule has 7 nitrogen and oxygen atoms in total. The van der Waals surface area contributed by atoms with E-state index in [0.29, 0.717) is 32.1 Å². The third-order valence-electron chi connectivity index (χ3n) is 3.87. The van der Waals surface area contributed by atoms with Gasteiger partial charge in [-0.05, 0) is 38.5 Å². The normalized spacial score (nSPS) is 14.7. The van der Waals surface area contributed by atoms with Crippen molar-refractivity contribution in [3.05, 3.63) is 48.3 Å². The fourth-order valence-corrected chi connectivity index (χ4v) is 2.71. The van der Waals surface area contributed by atoms with E-state index in [-0.39, 0.29) is 6.29 Å². The van der Waals surface area contributed by atoms with Crippen LogP contribution in [-0.2, 0) is 14.2 Å². The van der Waals surface area contributed by atoms with Crippen LogP contribution in [0.5, 0.6) is 5.75 Å². The number of carbonyl (C=O) groups excluding carboxylic acids is 1. The summed E-state index contributed by atoms with van der Waals surface area (Å²) in [6, 6.07) is 9.89. The molecule has 0 spiro atoms. The molecule has 0 atom stereocenters. The van der Waals surface area contributed by atoms with Gasteiger partial charge in [0.2, 0.25) is 0 Å². The van der Waals surface area contributed by atoms with Crippen molar-refractivity contribution in [1.29, 1.82) is 0 Å². The SMILES string of the molecule is CC(C)(C)OC(=O)NCCOc1cncc(-c2cccc(C3OCCO3)c2)c1. The monoisotopic (exact) mass is 386 g/mol. The Balaban J connectivity index is 1.56. The molecule has 1 amide bonds. The first-order chi connectivity index (χ1) is 13.4. The van der Waals surface area contributed by atoms with E-state index >= 15 is 0 Å². The summed E-state index contributed by atoms with van der Waals surface area (Å²) in [4.78, 5) is 15.9. The summed E-state index contributed by atoms with van der Waals surface area (Å²) in [5, 5.41) is 2.66. The Bertz CT molecular complexity index is 797. The van der Waals surface area contributed by atoms with Crippen LogP contribution >= 0.6 is 0 Å². The molecule has 28 heavy (non-hydrogen) atoms. The molecular weight excluding hydrogens is 360 g/mol. The van der Waals surface area contributed by atoms with Gasteiger partial charge in [-0.3, -0.25) is 4.98 Å². The summed E-state index contributed by atoms with van der Waals surface area (Å²) in [5.74, 6) is 0.627. The number of benzene rings is 1. The van der Waals surface area contributed by atoms with Gasteiger partial charge < -0.3 is 24.3 Å². The van der Waals surface area contributed by atoms with E-state index in [9.17, 15) is 4.79 Å². The zero-order valence-corrected chi connectivity index (χ0v) is 16.4. The van der Waals surface area contributed by atoms with Crippen molar-refractivity contribution in [2.24, 2.45) is 0 Å². The number of rotatable bonds is 6. The average molecular weight is 386 g/mol. The average Bonchev–Trinajstić information content (AvgIpc) is 3.19. The third kappa shape index (κ3) is 5.94. The lowest BCUT2D eigenvalue weighted by Gasteiger charge is -2.19. The van der Waals surface area contributed by atoms with Crippen LogP contribution in [0.15, 0.2) is 42.7 Å². The first kappa shape index (κ1) is 20.1. The number of carbonyl (C=O) groups is 1. The minimum Gasteiger partial charge on any atom is -0.490 e. The Morgan fingerprint density at radius 3 is 2.71 bits per heavy atom. The van der Waals surface area contributed by atoms with Gasteiger partial charge in [0.05, 0.1) is 26.0 Å². The zero-order valence-electron chi connectivity index (χ0n) is 16.4. The van der Waals surface area contributed by atoms with Gasteiger partial charge in [0.15, 0.2) is 6.29 Å². The van der Waals surface area contributed by atoms with Crippen LogP contribution in [0.4, 0.5) is 4.79 Å². The lowest BCUT2D eigenvalue weighted by molar-refractivity contribution is -0.0440. The lowest BCUT2D eigenvalue weighted by Crippen LogP contribution is -2.34. The van der Waals surface area contributed by atoms with Gasteiger partial charge in [-0.1, -0.05) is 18.2 Å². The maximum atomic E-state index is 11.6. The van der Waals surface area contributed by atoms with Crippen LogP contribution in [0, 0.1) is 0 Å². The Morgan fingerprint density at radius 2 is 1.96 bits per heavy atom. The van der Waals surface area contributed by atoms with Crippen LogP contribution in [0.1, 0.15) is 32.6 Å². The van der Waals surface area contributed by atoms with E-state index in [0.717, 1.165) is 16.7 Å². The number of hydrogen-bond donors (Lipinski definition) is 1. The molecular formula is C21H26N2O5. The van der Waals surface area contributed by atoms with Gasteiger partial charge >= 0.3 is 6.09 Å². The highest BCUT2D eigenvalue weighted by molar-refractivity contribution is 5.67. The van der Waals surface area contributed by atoms with E-state index in [1.54, 1.807) is 12.4 Å². The Morgan fingerprint density at radius 1 is 1.18 bits per heavy atom. The molecule has 1 aliphatic heterocycles. The van der Waals surface area contributed by atoms with Crippen molar-refractivity contribution in [2.45, 2.75) is 32.7 Å². The first-order valence-corrected chi connectivity index (χ1v) is 9.29. The molecule has 0 unspecified atom stereocenters. The summed E-state index contributed by atoms with van der Waals surface area (Å²) >= 11 is 0. The Labute approximate surface area is 165 Å². The van der Waals surface area contributed by atoms with Gasteiger partial charge in [0.1, 0.15) is 18.0 Å². The molecule has 1 fully saturated rings. The smallest absolute Gasteiger partial charge is 0.407 e. The molecule has 7 heteroatoms. The van der Waals surface area contributed by atoms with Crippen molar-refractivity contribution in [3.8, 4) is 16.9 Å². The topological polar surface area (TPSA) is 78.9 Å². The number of hydrogen-bond acceptors (Lipinski definition) is 6. The summed E-state index contributed by atoms with van der Waals surface area (Å²) < 4.78 is 22.0. The first-order valence-electron chi connectivity index (χ1n) is 9.29. The van der Waals surface area contributed by atoms with Crippen LogP contribution < -0.4 is 10.1 Å². The standard InChI is InChI=1S/C21H26N2O5/c1-21(2,3)28-20(24)23-7-8-25-18-12-17(13-22-14-18)15-5-4-6-16(11-15)19-26-9-10-27-19/h4-6,11-14,19H,7-10H2,1-3H3,(H,23,24). The van der Waals surface area contributed by atoms with Gasteiger partial charge in [-0.25, -0.2) is 4.79 Å². The molecule has 1 aliphatic rings. The van der Waals surface area contributed by atoms with Gasteiger partial charge in [-0.2, -0.15) is 0 Å². The summed E-state index contributed by atoms with van der Waals surface area (Å²) in [6.45, 7) is 7.33. The number of pyridine rings is 1. The zero-order chi connectivity index (χ0) is 20.0. The molecule has 1 saturated heterocycles. The molecule has 0 aliphatic carbocycles. The molecule has 1 aromatic heterocycles. The quantitative estimate of drug-likeness (QED) is 0.763. The highest BCUT2D eigenvalue weighted by Crippen LogP contribution is 2.28. The number of aromatic nitrogens is 1.